The van der Waals surface area contributed by atoms with Gasteiger partial charge in [-0.2, -0.15) is 0 Å². The van der Waals surface area contributed by atoms with Gasteiger partial charge in [0.1, 0.15) is 5.75 Å². The number of methoxy groups -OCH3 is 1. The smallest absolute Gasteiger partial charge is 0.223 e. The van der Waals surface area contributed by atoms with E-state index in [0.717, 1.165) is 45.0 Å². The van der Waals surface area contributed by atoms with Crippen molar-refractivity contribution in [2.24, 2.45) is 0 Å². The van der Waals surface area contributed by atoms with Gasteiger partial charge in [-0.15, -0.1) is 0 Å². The van der Waals surface area contributed by atoms with Crippen LogP contribution in [0.15, 0.2) is 79.0 Å². The van der Waals surface area contributed by atoms with Crippen LogP contribution in [0.3, 0.4) is 0 Å². The van der Waals surface area contributed by atoms with E-state index in [9.17, 15) is 4.79 Å². The maximum Gasteiger partial charge on any atom is 0.223 e. The van der Waals surface area contributed by atoms with Crippen molar-refractivity contribution < 1.29 is 9.53 Å². The van der Waals surface area contributed by atoms with Gasteiger partial charge in [0.25, 0.3) is 0 Å². The lowest BCUT2D eigenvalue weighted by Crippen LogP contribution is -2.48. The predicted octanol–water partition coefficient (Wildman–Crippen LogP) is 6.68. The number of carbonyl (C=O) groups excluding carboxylic acids is 1. The zero-order chi connectivity index (χ0) is 28.3. The van der Waals surface area contributed by atoms with Crippen molar-refractivity contribution in [1.82, 2.24) is 14.4 Å². The van der Waals surface area contributed by atoms with E-state index in [1.807, 2.05) is 12.1 Å². The monoisotopic (exact) mass is 537 g/mol. The molecule has 1 fully saturated rings. The fourth-order valence-electron chi connectivity index (χ4n) is 5.85. The second-order valence-corrected chi connectivity index (χ2v) is 12.0. The molecule has 1 aliphatic rings. The number of aromatic nitrogens is 1. The lowest BCUT2D eigenvalue weighted by atomic mass is 9.83. The van der Waals surface area contributed by atoms with Crippen LogP contribution in [0.25, 0.3) is 10.9 Å². The zero-order valence-corrected chi connectivity index (χ0v) is 24.7. The molecule has 2 heterocycles. The summed E-state index contributed by atoms with van der Waals surface area (Å²) in [6.45, 7) is 14.2. The topological polar surface area (TPSA) is 37.7 Å². The number of carbonyl (C=O) groups is 1. The van der Waals surface area contributed by atoms with Crippen molar-refractivity contribution in [1.29, 1.82) is 0 Å². The van der Waals surface area contributed by atoms with Gasteiger partial charge in [0.2, 0.25) is 5.91 Å². The zero-order valence-electron chi connectivity index (χ0n) is 24.7. The number of piperazine rings is 1. The Morgan fingerprint density at radius 3 is 2.20 bits per heavy atom. The lowest BCUT2D eigenvalue weighted by molar-refractivity contribution is -0.133. The number of fused-ring (bicyclic) bond motifs is 1. The van der Waals surface area contributed by atoms with E-state index in [-0.39, 0.29) is 17.2 Å². The molecule has 0 spiro atoms. The molecule has 3 aromatic carbocycles. The van der Waals surface area contributed by atoms with Gasteiger partial charge >= 0.3 is 0 Å². The molecule has 5 nitrogen and oxygen atoms in total. The summed E-state index contributed by atoms with van der Waals surface area (Å²) < 4.78 is 7.68. The summed E-state index contributed by atoms with van der Waals surface area (Å²) in [5.41, 5.74) is 6.20. The summed E-state index contributed by atoms with van der Waals surface area (Å²) in [5.74, 6) is 1.08. The van der Waals surface area contributed by atoms with Crippen LogP contribution < -0.4 is 4.74 Å². The third-order valence-electron chi connectivity index (χ3n) is 8.44. The summed E-state index contributed by atoms with van der Waals surface area (Å²) in [6, 6.07) is 25.8. The highest BCUT2D eigenvalue weighted by Crippen LogP contribution is 2.36. The molecule has 210 valence electrons. The molecule has 1 aliphatic heterocycles. The summed E-state index contributed by atoms with van der Waals surface area (Å²) in [5, 5.41) is 1.21. The minimum Gasteiger partial charge on any atom is -0.497 e. The molecule has 0 unspecified atom stereocenters. The van der Waals surface area contributed by atoms with E-state index in [1.165, 1.54) is 33.2 Å². The largest absolute Gasteiger partial charge is 0.497 e. The molecular weight excluding hydrogens is 494 g/mol. The minimum absolute atomic E-state index is 0.0206. The molecule has 1 amide bonds. The van der Waals surface area contributed by atoms with Gasteiger partial charge in [-0.25, -0.2) is 0 Å². The first kappa shape index (κ1) is 28.0. The van der Waals surface area contributed by atoms with E-state index in [1.54, 1.807) is 7.11 Å². The molecule has 40 heavy (non-hydrogen) atoms. The van der Waals surface area contributed by atoms with Gasteiger partial charge in [-0.3, -0.25) is 4.79 Å². The molecule has 5 heteroatoms. The number of rotatable bonds is 8. The highest BCUT2D eigenvalue weighted by molar-refractivity contribution is 5.87. The van der Waals surface area contributed by atoms with Gasteiger partial charge in [0, 0.05) is 62.2 Å². The van der Waals surface area contributed by atoms with Crippen LogP contribution in [0.5, 0.6) is 5.75 Å². The molecule has 5 rings (SSSR count). The fraction of sp³-hybridized carbons (Fsp3) is 0.400. The van der Waals surface area contributed by atoms with Gasteiger partial charge in [0.05, 0.1) is 7.11 Å². The van der Waals surface area contributed by atoms with E-state index in [2.05, 4.69) is 109 Å². The highest BCUT2D eigenvalue weighted by Gasteiger charge is 2.27. The van der Waals surface area contributed by atoms with Crippen molar-refractivity contribution >= 4 is 16.8 Å². The summed E-state index contributed by atoms with van der Waals surface area (Å²) in [6.07, 6.45) is 2.75. The number of hydrogen-bond donors (Lipinski definition) is 0. The van der Waals surface area contributed by atoms with E-state index >= 15 is 0 Å². The maximum absolute atomic E-state index is 13.8. The molecule has 0 N–H and O–H groups in total. The first-order chi connectivity index (χ1) is 19.3. The van der Waals surface area contributed by atoms with Crippen LogP contribution in [0, 0.1) is 0 Å². The Morgan fingerprint density at radius 2 is 1.57 bits per heavy atom. The second-order valence-electron chi connectivity index (χ2n) is 12.0. The number of ether oxygens (including phenoxy) is 1. The number of para-hydroxylation sites is 1. The van der Waals surface area contributed by atoms with E-state index in [4.69, 9.17) is 4.74 Å². The Balaban J connectivity index is 1.52. The first-order valence-corrected chi connectivity index (χ1v) is 14.6. The molecular formula is C35H43N3O2. The fourth-order valence-corrected chi connectivity index (χ4v) is 5.85. The number of likely N-dealkylation sites (N-methyl/N-ethyl adjacent to an activating group) is 1. The molecule has 0 radical (unpaired) electrons. The summed E-state index contributed by atoms with van der Waals surface area (Å²) in [7, 11) is 1.69. The Morgan fingerprint density at radius 1 is 0.900 bits per heavy atom. The van der Waals surface area contributed by atoms with Gasteiger partial charge in [0.15, 0.2) is 0 Å². The molecule has 1 saturated heterocycles. The molecule has 0 saturated carbocycles. The summed E-state index contributed by atoms with van der Waals surface area (Å²) in [4.78, 5) is 18.2. The quantitative estimate of drug-likeness (QED) is 0.252. The van der Waals surface area contributed by atoms with Gasteiger partial charge in [-0.1, -0.05) is 82.3 Å². The third kappa shape index (κ3) is 6.10. The number of nitrogens with zero attached hydrogens (tertiary/aromatic N) is 3. The average molecular weight is 538 g/mol. The van der Waals surface area contributed by atoms with Crippen LogP contribution in [-0.4, -0.2) is 60.1 Å². The third-order valence-corrected chi connectivity index (χ3v) is 8.44. The lowest BCUT2D eigenvalue weighted by Gasteiger charge is -2.35. The Hall–Kier alpha value is -3.57. The van der Waals surface area contributed by atoms with Crippen LogP contribution in [0.1, 0.15) is 62.3 Å². The van der Waals surface area contributed by atoms with Crippen LogP contribution in [0.4, 0.5) is 0 Å². The Bertz CT molecular complexity index is 1420. The van der Waals surface area contributed by atoms with E-state index in [0.29, 0.717) is 6.42 Å². The standard InChI is InChI=1S/C35H43N3O2/c1-6-36-19-21-37(22-20-36)34(39)23-31(27-13-15-28(16-14-27)35(2,3)4)32-25-38(33-10-8-7-9-30(32)33)24-26-11-17-29(40-5)18-12-26/h7-18,25,31H,6,19-24H2,1-5H3/t31-/m1/s1. The predicted molar refractivity (Wildman–Crippen MR) is 164 cm³/mol. The average Bonchev–Trinajstić information content (AvgIpc) is 3.33. The van der Waals surface area contributed by atoms with Crippen molar-refractivity contribution in [3.63, 3.8) is 0 Å². The van der Waals surface area contributed by atoms with Crippen molar-refractivity contribution in [2.45, 2.75) is 52.0 Å². The molecule has 4 aromatic rings. The number of hydrogen-bond acceptors (Lipinski definition) is 3. The molecule has 1 atom stereocenters. The Labute approximate surface area is 239 Å². The molecule has 0 bridgehead atoms. The molecule has 1 aromatic heterocycles. The number of amides is 1. The van der Waals surface area contributed by atoms with Crippen LogP contribution in [-0.2, 0) is 16.8 Å². The first-order valence-electron chi connectivity index (χ1n) is 14.6. The summed E-state index contributed by atoms with van der Waals surface area (Å²) >= 11 is 0. The SMILES string of the molecule is CCN1CCN(C(=O)C[C@H](c2ccc(C(C)(C)C)cc2)c2cn(Cc3ccc(OC)cc3)c3ccccc23)CC1. The minimum atomic E-state index is -0.0206. The van der Waals surface area contributed by atoms with Crippen molar-refractivity contribution in [3.05, 3.63) is 101 Å². The highest BCUT2D eigenvalue weighted by atomic mass is 16.5. The van der Waals surface area contributed by atoms with Gasteiger partial charge < -0.3 is 19.1 Å². The Kier molecular flexibility index (Phi) is 8.32. The van der Waals surface area contributed by atoms with E-state index < -0.39 is 0 Å². The normalized spacial score (nSPS) is 15.4. The van der Waals surface area contributed by atoms with Crippen molar-refractivity contribution in [3.8, 4) is 5.75 Å². The van der Waals surface area contributed by atoms with Gasteiger partial charge in [-0.05, 0) is 52.4 Å². The molecule has 0 aliphatic carbocycles. The van der Waals surface area contributed by atoms with Crippen LogP contribution in [0.2, 0.25) is 0 Å². The van der Waals surface area contributed by atoms with Crippen molar-refractivity contribution in [2.75, 3.05) is 39.8 Å². The second kappa shape index (κ2) is 11.9. The maximum atomic E-state index is 13.8. The van der Waals surface area contributed by atoms with Crippen LogP contribution >= 0.6 is 0 Å². The number of benzene rings is 3.